The lowest BCUT2D eigenvalue weighted by molar-refractivity contribution is -0.386. The van der Waals surface area contributed by atoms with Crippen molar-refractivity contribution in [3.63, 3.8) is 0 Å². The van der Waals surface area contributed by atoms with Crippen molar-refractivity contribution in [3.8, 4) is 0 Å². The van der Waals surface area contributed by atoms with E-state index >= 15 is 0 Å². The SMILES string of the molecule is CC1(C)CC(Nc2ccc(/C=C/C(=O)O)c(F)c2[N+](=O)[O-])CC(C)(C)C1. The first-order valence-corrected chi connectivity index (χ1v) is 8.55. The van der Waals surface area contributed by atoms with Gasteiger partial charge in [0.2, 0.25) is 5.82 Å². The molecule has 0 amide bonds. The molecule has 2 rings (SSSR count). The standard InChI is InChI=1S/C19H25FN2O4/c1-18(2)9-13(10-19(3,4)11-18)21-14-7-5-12(6-8-15(23)24)16(20)17(14)22(25)26/h5-8,13,21H,9-11H2,1-4H3,(H,23,24)/b8-6+. The van der Waals surface area contributed by atoms with Crippen LogP contribution in [-0.2, 0) is 4.79 Å². The lowest BCUT2D eigenvalue weighted by Gasteiger charge is -2.45. The predicted molar refractivity (Wildman–Crippen MR) is 98.5 cm³/mol. The minimum absolute atomic E-state index is 0.00717. The summed E-state index contributed by atoms with van der Waals surface area (Å²) >= 11 is 0. The smallest absolute Gasteiger partial charge is 0.328 e. The van der Waals surface area contributed by atoms with E-state index in [1.807, 2.05) is 0 Å². The number of hydrogen-bond donors (Lipinski definition) is 2. The predicted octanol–water partition coefficient (Wildman–Crippen LogP) is 4.85. The van der Waals surface area contributed by atoms with E-state index in [1.165, 1.54) is 12.1 Å². The normalized spacial score (nSPS) is 19.4. The molecule has 1 aliphatic rings. The molecule has 1 fully saturated rings. The van der Waals surface area contributed by atoms with Gasteiger partial charge in [-0.05, 0) is 48.3 Å². The van der Waals surface area contributed by atoms with Crippen molar-refractivity contribution in [2.45, 2.75) is 53.0 Å². The number of carbonyl (C=O) groups is 1. The number of nitro groups is 1. The molecule has 0 atom stereocenters. The molecule has 1 aromatic carbocycles. The van der Waals surface area contributed by atoms with Crippen LogP contribution in [0, 0.1) is 26.8 Å². The van der Waals surface area contributed by atoms with E-state index in [9.17, 15) is 19.3 Å². The van der Waals surface area contributed by atoms with Gasteiger partial charge in [0.15, 0.2) is 0 Å². The number of halogens is 1. The van der Waals surface area contributed by atoms with Gasteiger partial charge in [-0.2, -0.15) is 4.39 Å². The lowest BCUT2D eigenvalue weighted by atomic mass is 9.63. The highest BCUT2D eigenvalue weighted by Gasteiger charge is 2.39. The first kappa shape index (κ1) is 19.9. The van der Waals surface area contributed by atoms with Crippen LogP contribution in [0.15, 0.2) is 18.2 Å². The molecule has 0 spiro atoms. The van der Waals surface area contributed by atoms with Crippen molar-refractivity contribution in [1.29, 1.82) is 0 Å². The molecule has 0 saturated heterocycles. The number of hydrogen-bond acceptors (Lipinski definition) is 4. The number of anilines is 1. The molecular weight excluding hydrogens is 339 g/mol. The van der Waals surface area contributed by atoms with Crippen LogP contribution in [0.25, 0.3) is 6.08 Å². The average Bonchev–Trinajstić information content (AvgIpc) is 2.42. The van der Waals surface area contributed by atoms with Crippen molar-refractivity contribution in [3.05, 3.63) is 39.7 Å². The Morgan fingerprint density at radius 2 is 1.88 bits per heavy atom. The Labute approximate surface area is 152 Å². The van der Waals surface area contributed by atoms with Crippen molar-refractivity contribution in [1.82, 2.24) is 0 Å². The lowest BCUT2D eigenvalue weighted by Crippen LogP contribution is -2.40. The van der Waals surface area contributed by atoms with E-state index < -0.39 is 22.4 Å². The van der Waals surface area contributed by atoms with Gasteiger partial charge in [0.1, 0.15) is 5.69 Å². The van der Waals surface area contributed by atoms with E-state index in [0.717, 1.165) is 31.4 Å². The van der Waals surface area contributed by atoms with Crippen LogP contribution >= 0.6 is 0 Å². The summed E-state index contributed by atoms with van der Waals surface area (Å²) in [5, 5.41) is 23.2. The van der Waals surface area contributed by atoms with Crippen molar-refractivity contribution >= 4 is 23.4 Å². The molecule has 0 bridgehead atoms. The summed E-state index contributed by atoms with van der Waals surface area (Å²) in [4.78, 5) is 21.2. The third-order valence-electron chi connectivity index (χ3n) is 4.65. The topological polar surface area (TPSA) is 92.5 Å². The minimum atomic E-state index is -1.25. The number of aliphatic carboxylic acids is 1. The molecule has 1 aromatic rings. The van der Waals surface area contributed by atoms with Crippen molar-refractivity contribution in [2.24, 2.45) is 10.8 Å². The molecular formula is C19H25FN2O4. The third kappa shape index (κ3) is 4.80. The first-order chi connectivity index (χ1) is 11.9. The second-order valence-electron chi connectivity index (χ2n) is 8.55. The third-order valence-corrected chi connectivity index (χ3v) is 4.65. The maximum atomic E-state index is 14.6. The monoisotopic (exact) mass is 364 g/mol. The molecule has 1 aliphatic carbocycles. The zero-order chi connectivity index (χ0) is 19.7. The van der Waals surface area contributed by atoms with Gasteiger partial charge in [-0.3, -0.25) is 10.1 Å². The van der Waals surface area contributed by atoms with Gasteiger partial charge in [-0.1, -0.05) is 27.7 Å². The number of nitro benzene ring substituents is 1. The molecule has 0 aromatic heterocycles. The first-order valence-electron chi connectivity index (χ1n) is 8.55. The van der Waals surface area contributed by atoms with Crippen molar-refractivity contribution < 1.29 is 19.2 Å². The summed E-state index contributed by atoms with van der Waals surface area (Å²) in [5.41, 5.74) is -0.500. The Bertz CT molecular complexity index is 740. The number of carboxylic acid groups (broad SMARTS) is 1. The minimum Gasteiger partial charge on any atom is -0.478 e. The summed E-state index contributed by atoms with van der Waals surface area (Å²) < 4.78 is 14.6. The summed E-state index contributed by atoms with van der Waals surface area (Å²) in [5.74, 6) is -2.28. The highest BCUT2D eigenvalue weighted by atomic mass is 19.1. The molecule has 0 radical (unpaired) electrons. The van der Waals surface area contributed by atoms with Crippen molar-refractivity contribution in [2.75, 3.05) is 5.32 Å². The van der Waals surface area contributed by atoms with Crippen LogP contribution in [0.3, 0.4) is 0 Å². The maximum Gasteiger partial charge on any atom is 0.328 e. The fourth-order valence-electron chi connectivity index (χ4n) is 4.33. The molecule has 1 saturated carbocycles. The average molecular weight is 364 g/mol. The summed E-state index contributed by atoms with van der Waals surface area (Å²) in [6, 6.07) is 2.79. The van der Waals surface area contributed by atoms with E-state index in [-0.39, 0.29) is 28.1 Å². The number of nitrogens with one attached hydrogen (secondary N) is 1. The van der Waals surface area contributed by atoms with Gasteiger partial charge in [0.05, 0.1) is 4.92 Å². The van der Waals surface area contributed by atoms with E-state index in [2.05, 4.69) is 33.0 Å². The summed E-state index contributed by atoms with van der Waals surface area (Å²) in [6.45, 7) is 8.66. The van der Waals surface area contributed by atoms with Gasteiger partial charge in [0, 0.05) is 17.7 Å². The molecule has 7 heteroatoms. The zero-order valence-electron chi connectivity index (χ0n) is 15.5. The summed E-state index contributed by atoms with van der Waals surface area (Å²) in [7, 11) is 0. The highest BCUT2D eigenvalue weighted by molar-refractivity contribution is 5.86. The van der Waals surface area contributed by atoms with Crippen LogP contribution in [-0.4, -0.2) is 22.0 Å². The van der Waals surface area contributed by atoms with E-state index in [1.54, 1.807) is 0 Å². The number of carboxylic acids is 1. The van der Waals surface area contributed by atoms with Crippen LogP contribution in [0.2, 0.25) is 0 Å². The fourth-order valence-corrected chi connectivity index (χ4v) is 4.33. The Balaban J connectivity index is 2.36. The molecule has 26 heavy (non-hydrogen) atoms. The Morgan fingerprint density at radius 1 is 1.31 bits per heavy atom. The highest BCUT2D eigenvalue weighted by Crippen LogP contribution is 2.47. The molecule has 0 aliphatic heterocycles. The molecule has 0 unspecified atom stereocenters. The number of nitrogens with zero attached hydrogens (tertiary/aromatic N) is 1. The van der Waals surface area contributed by atoms with Crippen LogP contribution in [0.5, 0.6) is 0 Å². The van der Waals surface area contributed by atoms with Gasteiger partial charge < -0.3 is 10.4 Å². The van der Waals surface area contributed by atoms with E-state index in [4.69, 9.17) is 5.11 Å². The van der Waals surface area contributed by atoms with Gasteiger partial charge >= 0.3 is 11.7 Å². The second kappa shape index (κ2) is 7.05. The van der Waals surface area contributed by atoms with Gasteiger partial charge in [0.25, 0.3) is 0 Å². The van der Waals surface area contributed by atoms with Crippen LogP contribution in [0.4, 0.5) is 15.8 Å². The quantitative estimate of drug-likeness (QED) is 0.443. The van der Waals surface area contributed by atoms with Gasteiger partial charge in [-0.25, -0.2) is 4.79 Å². The van der Waals surface area contributed by atoms with Gasteiger partial charge in [-0.15, -0.1) is 0 Å². The fraction of sp³-hybridized carbons (Fsp3) is 0.526. The molecule has 6 nitrogen and oxygen atoms in total. The Hall–Kier alpha value is -2.44. The Morgan fingerprint density at radius 3 is 2.38 bits per heavy atom. The molecule has 142 valence electrons. The zero-order valence-corrected chi connectivity index (χ0v) is 15.5. The molecule has 0 heterocycles. The number of rotatable bonds is 5. The van der Waals surface area contributed by atoms with Crippen LogP contribution in [0.1, 0.15) is 52.5 Å². The maximum absolute atomic E-state index is 14.6. The largest absolute Gasteiger partial charge is 0.478 e. The molecule has 2 N–H and O–H groups in total. The second-order valence-corrected chi connectivity index (χ2v) is 8.55. The summed E-state index contributed by atoms with van der Waals surface area (Å²) in [6.07, 6.45) is 4.47. The Kier molecular flexibility index (Phi) is 5.39. The van der Waals surface area contributed by atoms with Crippen LogP contribution < -0.4 is 5.32 Å². The number of benzene rings is 1. The van der Waals surface area contributed by atoms with E-state index in [0.29, 0.717) is 0 Å².